The molecule has 0 radical (unpaired) electrons. The van der Waals surface area contributed by atoms with Gasteiger partial charge in [-0.2, -0.15) is 5.10 Å². The predicted octanol–water partition coefficient (Wildman–Crippen LogP) is 4.35. The van der Waals surface area contributed by atoms with Gasteiger partial charge in [-0.1, -0.05) is 24.3 Å². The highest BCUT2D eigenvalue weighted by atomic mass is 19.2. The van der Waals surface area contributed by atoms with Crippen molar-refractivity contribution in [2.24, 2.45) is 5.92 Å². The van der Waals surface area contributed by atoms with E-state index in [4.69, 9.17) is 0 Å². The molecule has 5 rings (SSSR count). The van der Waals surface area contributed by atoms with Crippen LogP contribution in [0, 0.1) is 24.5 Å². The minimum atomic E-state index is -0.982. The summed E-state index contributed by atoms with van der Waals surface area (Å²) in [5, 5.41) is 8.43. The number of likely N-dealkylation sites (tertiary alicyclic amines) is 1. The number of aryl methyl sites for hydroxylation is 1. The molecule has 7 nitrogen and oxygen atoms in total. The molecule has 0 spiro atoms. The predicted molar refractivity (Wildman–Crippen MR) is 133 cm³/mol. The third kappa shape index (κ3) is 4.87. The Morgan fingerprint density at radius 2 is 1.86 bits per heavy atom. The van der Waals surface area contributed by atoms with Crippen LogP contribution in [0.25, 0.3) is 22.0 Å². The highest BCUT2D eigenvalue weighted by Crippen LogP contribution is 2.26. The molecule has 0 saturated carbocycles. The number of fused-ring (bicyclic) bond motifs is 1. The van der Waals surface area contributed by atoms with Gasteiger partial charge in [0.1, 0.15) is 5.82 Å². The molecule has 4 aromatic rings. The topological polar surface area (TPSA) is 80.1 Å². The average molecular weight is 490 g/mol. The first-order chi connectivity index (χ1) is 17.4. The second-order valence-electron chi connectivity index (χ2n) is 9.04. The van der Waals surface area contributed by atoms with Crippen LogP contribution in [0.3, 0.4) is 0 Å². The molecule has 1 fully saturated rings. The number of piperidine rings is 1. The van der Waals surface area contributed by atoms with Crippen molar-refractivity contribution in [1.82, 2.24) is 19.7 Å². The van der Waals surface area contributed by atoms with Gasteiger partial charge in [-0.25, -0.2) is 18.4 Å². The number of rotatable bonds is 5. The number of aromatic nitrogens is 3. The second kappa shape index (κ2) is 9.94. The van der Waals surface area contributed by atoms with Crippen molar-refractivity contribution in [2.75, 3.05) is 18.4 Å². The normalized spacial score (nSPS) is 16.2. The summed E-state index contributed by atoms with van der Waals surface area (Å²) >= 11 is 0. The Kier molecular flexibility index (Phi) is 6.56. The zero-order valence-corrected chi connectivity index (χ0v) is 19.7. The molecule has 1 amide bonds. The third-order valence-electron chi connectivity index (χ3n) is 6.41. The molecule has 2 aromatic heterocycles. The van der Waals surface area contributed by atoms with E-state index in [2.05, 4.69) is 15.4 Å². The number of hydrogen-bond acceptors (Lipinski definition) is 5. The van der Waals surface area contributed by atoms with Crippen LogP contribution in [0.2, 0.25) is 0 Å². The Balaban J connectivity index is 1.41. The van der Waals surface area contributed by atoms with Gasteiger partial charge in [-0.3, -0.25) is 14.5 Å². The molecule has 1 aliphatic heterocycles. The standard InChI is InChI=1S/C27H25F2N5O2/c1-17-6-4-10-24(30-17)31-26(35)19-7-5-13-33(15-19)16-34-27(36)21-9-3-2-8-20(21)25(32-34)18-11-12-22(28)23(29)14-18/h2-4,6,8-12,14,19H,5,7,13,15-16H2,1H3,(H,30,31,35). The van der Waals surface area contributed by atoms with E-state index in [1.54, 1.807) is 30.3 Å². The number of pyridine rings is 1. The van der Waals surface area contributed by atoms with E-state index in [1.165, 1.54) is 10.7 Å². The lowest BCUT2D eigenvalue weighted by molar-refractivity contribution is -0.121. The molecular formula is C27H25F2N5O2. The Morgan fingerprint density at radius 3 is 2.64 bits per heavy atom. The molecule has 9 heteroatoms. The van der Waals surface area contributed by atoms with Crippen LogP contribution in [0.5, 0.6) is 0 Å². The zero-order valence-electron chi connectivity index (χ0n) is 19.7. The summed E-state index contributed by atoms with van der Waals surface area (Å²) in [7, 11) is 0. The maximum Gasteiger partial charge on any atom is 0.275 e. The maximum absolute atomic E-state index is 14.0. The molecule has 36 heavy (non-hydrogen) atoms. The number of benzene rings is 2. The maximum atomic E-state index is 14.0. The van der Waals surface area contributed by atoms with Crippen LogP contribution in [-0.2, 0) is 11.5 Å². The first-order valence-electron chi connectivity index (χ1n) is 11.8. The number of carbonyl (C=O) groups is 1. The van der Waals surface area contributed by atoms with Crippen LogP contribution in [0.4, 0.5) is 14.6 Å². The van der Waals surface area contributed by atoms with E-state index in [0.29, 0.717) is 40.9 Å². The number of halogens is 2. The van der Waals surface area contributed by atoms with E-state index in [9.17, 15) is 18.4 Å². The Hall–Kier alpha value is -3.98. The summed E-state index contributed by atoms with van der Waals surface area (Å²) in [6, 6.07) is 16.0. The van der Waals surface area contributed by atoms with Crippen molar-refractivity contribution in [2.45, 2.75) is 26.4 Å². The van der Waals surface area contributed by atoms with Gasteiger partial charge in [0.05, 0.1) is 23.7 Å². The van der Waals surface area contributed by atoms with Gasteiger partial charge in [0.25, 0.3) is 5.56 Å². The minimum Gasteiger partial charge on any atom is -0.310 e. The molecule has 1 aliphatic rings. The SMILES string of the molecule is Cc1cccc(NC(=O)C2CCCN(Cn3nc(-c4ccc(F)c(F)c4)c4ccccc4c3=O)C2)n1. The van der Waals surface area contributed by atoms with Crippen LogP contribution in [-0.4, -0.2) is 38.7 Å². The van der Waals surface area contributed by atoms with Gasteiger partial charge in [-0.15, -0.1) is 0 Å². The molecule has 3 heterocycles. The lowest BCUT2D eigenvalue weighted by atomic mass is 9.97. The number of anilines is 1. The van der Waals surface area contributed by atoms with E-state index in [0.717, 1.165) is 30.7 Å². The minimum absolute atomic E-state index is 0.112. The molecule has 1 unspecified atom stereocenters. The fourth-order valence-corrected chi connectivity index (χ4v) is 4.62. The van der Waals surface area contributed by atoms with Gasteiger partial charge in [0, 0.05) is 23.2 Å². The summed E-state index contributed by atoms with van der Waals surface area (Å²) in [4.78, 5) is 32.5. The number of hydrogen-bond donors (Lipinski definition) is 1. The fraction of sp³-hybridized carbons (Fsp3) is 0.259. The number of amides is 1. The van der Waals surface area contributed by atoms with E-state index in [1.807, 2.05) is 24.0 Å². The van der Waals surface area contributed by atoms with Gasteiger partial charge < -0.3 is 5.32 Å². The number of carbonyl (C=O) groups excluding carboxylic acids is 1. The molecule has 1 atom stereocenters. The summed E-state index contributed by atoms with van der Waals surface area (Å²) in [6.07, 6.45) is 1.52. The molecule has 184 valence electrons. The zero-order chi connectivity index (χ0) is 25.2. The Bertz CT molecular complexity index is 1500. The highest BCUT2D eigenvalue weighted by molar-refractivity contribution is 5.94. The first kappa shape index (κ1) is 23.7. The average Bonchev–Trinajstić information content (AvgIpc) is 2.88. The molecule has 1 saturated heterocycles. The molecule has 0 bridgehead atoms. The van der Waals surface area contributed by atoms with E-state index >= 15 is 0 Å². The number of nitrogens with zero attached hydrogens (tertiary/aromatic N) is 4. The summed E-state index contributed by atoms with van der Waals surface area (Å²) in [5.74, 6) is -1.79. The van der Waals surface area contributed by atoms with Gasteiger partial charge >= 0.3 is 0 Å². The van der Waals surface area contributed by atoms with Gasteiger partial charge in [-0.05, 0) is 62.7 Å². The quantitative estimate of drug-likeness (QED) is 0.451. The third-order valence-corrected chi connectivity index (χ3v) is 6.41. The number of nitrogens with one attached hydrogen (secondary N) is 1. The molecular weight excluding hydrogens is 464 g/mol. The van der Waals surface area contributed by atoms with Crippen LogP contribution in [0.15, 0.2) is 65.5 Å². The van der Waals surface area contributed by atoms with Crippen molar-refractivity contribution in [3.05, 3.63) is 88.3 Å². The summed E-state index contributed by atoms with van der Waals surface area (Å²) < 4.78 is 28.9. The highest BCUT2D eigenvalue weighted by Gasteiger charge is 2.27. The van der Waals surface area contributed by atoms with Crippen molar-refractivity contribution in [3.63, 3.8) is 0 Å². The Labute approximate surface area is 206 Å². The van der Waals surface area contributed by atoms with Crippen LogP contribution >= 0.6 is 0 Å². The lowest BCUT2D eigenvalue weighted by Crippen LogP contribution is -2.43. The first-order valence-corrected chi connectivity index (χ1v) is 11.8. The van der Waals surface area contributed by atoms with Gasteiger partial charge in [0.15, 0.2) is 11.6 Å². The molecule has 2 aromatic carbocycles. The van der Waals surface area contributed by atoms with Crippen LogP contribution in [0.1, 0.15) is 18.5 Å². The monoisotopic (exact) mass is 489 g/mol. The molecule has 1 N–H and O–H groups in total. The second-order valence-corrected chi connectivity index (χ2v) is 9.04. The summed E-state index contributed by atoms with van der Waals surface area (Å²) in [5.41, 5.74) is 1.30. The fourth-order valence-electron chi connectivity index (χ4n) is 4.62. The van der Waals surface area contributed by atoms with Gasteiger partial charge in [0.2, 0.25) is 5.91 Å². The van der Waals surface area contributed by atoms with Crippen LogP contribution < -0.4 is 10.9 Å². The summed E-state index contributed by atoms with van der Waals surface area (Å²) in [6.45, 7) is 3.20. The van der Waals surface area contributed by atoms with E-state index in [-0.39, 0.29) is 24.1 Å². The Morgan fingerprint density at radius 1 is 1.06 bits per heavy atom. The van der Waals surface area contributed by atoms with E-state index < -0.39 is 11.6 Å². The lowest BCUT2D eigenvalue weighted by Gasteiger charge is -2.32. The molecule has 0 aliphatic carbocycles. The van der Waals surface area contributed by atoms with Crippen molar-refractivity contribution in [3.8, 4) is 11.3 Å². The van der Waals surface area contributed by atoms with Crippen molar-refractivity contribution >= 4 is 22.5 Å². The largest absolute Gasteiger partial charge is 0.310 e. The van der Waals surface area contributed by atoms with Crippen molar-refractivity contribution in [1.29, 1.82) is 0 Å². The van der Waals surface area contributed by atoms with Crippen molar-refractivity contribution < 1.29 is 13.6 Å². The smallest absolute Gasteiger partial charge is 0.275 e.